The highest BCUT2D eigenvalue weighted by molar-refractivity contribution is 5.86. The van der Waals surface area contributed by atoms with E-state index in [0.717, 1.165) is 24.1 Å². The predicted octanol–water partition coefficient (Wildman–Crippen LogP) is 4.06. The Bertz CT molecular complexity index is 1110. The SMILES string of the molecule is CC(C)(C)OC(=O)N1CCC(C[C@H](NC(=O)OCc2ccccc2)C(=O)N2CCN(c3ccncc3)CC2)CC1. The number of piperidine rings is 1. The zero-order valence-electron chi connectivity index (χ0n) is 23.8. The number of likely N-dealkylation sites (tertiary alicyclic amines) is 1. The third-order valence-corrected chi connectivity index (χ3v) is 7.26. The number of ether oxygens (including phenoxy) is 2. The molecule has 2 aliphatic rings. The number of pyridine rings is 1. The minimum absolute atomic E-state index is 0.0967. The second kappa shape index (κ2) is 13.5. The zero-order valence-corrected chi connectivity index (χ0v) is 23.8. The Labute approximate surface area is 236 Å². The number of benzene rings is 1. The molecule has 4 rings (SSSR count). The van der Waals surface area contributed by atoms with Gasteiger partial charge >= 0.3 is 12.2 Å². The number of rotatable bonds is 7. The van der Waals surface area contributed by atoms with Gasteiger partial charge in [-0.25, -0.2) is 9.59 Å². The quantitative estimate of drug-likeness (QED) is 0.553. The molecule has 0 aliphatic carbocycles. The largest absolute Gasteiger partial charge is 0.445 e. The lowest BCUT2D eigenvalue weighted by molar-refractivity contribution is -0.134. The van der Waals surface area contributed by atoms with Crippen LogP contribution in [0.15, 0.2) is 54.9 Å². The minimum atomic E-state index is -0.700. The number of amides is 3. The molecule has 1 N–H and O–H groups in total. The third kappa shape index (κ3) is 8.59. The number of nitrogens with zero attached hydrogens (tertiary/aromatic N) is 4. The minimum Gasteiger partial charge on any atom is -0.445 e. The maximum absolute atomic E-state index is 13.7. The fourth-order valence-electron chi connectivity index (χ4n) is 5.10. The number of hydrogen-bond donors (Lipinski definition) is 1. The first-order chi connectivity index (χ1) is 19.2. The number of alkyl carbamates (subject to hydrolysis) is 1. The molecule has 2 saturated heterocycles. The summed E-state index contributed by atoms with van der Waals surface area (Å²) in [5.41, 5.74) is 1.41. The summed E-state index contributed by atoms with van der Waals surface area (Å²) in [5.74, 6) is 0.0841. The van der Waals surface area contributed by atoms with Crippen molar-refractivity contribution in [2.45, 2.75) is 58.3 Å². The molecule has 216 valence electrons. The van der Waals surface area contributed by atoms with Crippen molar-refractivity contribution in [1.29, 1.82) is 0 Å². The molecular formula is C30H41N5O5. The monoisotopic (exact) mass is 551 g/mol. The summed E-state index contributed by atoms with van der Waals surface area (Å²) >= 11 is 0. The number of piperazine rings is 1. The number of carbonyl (C=O) groups excluding carboxylic acids is 3. The van der Waals surface area contributed by atoms with Gasteiger partial charge in [-0.3, -0.25) is 9.78 Å². The maximum Gasteiger partial charge on any atom is 0.410 e. The van der Waals surface area contributed by atoms with Gasteiger partial charge in [-0.05, 0) is 63.6 Å². The van der Waals surface area contributed by atoms with Gasteiger partial charge < -0.3 is 29.5 Å². The Hall–Kier alpha value is -3.82. The van der Waals surface area contributed by atoms with Crippen LogP contribution in [0.1, 0.15) is 45.6 Å². The van der Waals surface area contributed by atoms with Gasteiger partial charge in [0.15, 0.2) is 0 Å². The molecule has 0 saturated carbocycles. The first-order valence-electron chi connectivity index (χ1n) is 14.1. The topological polar surface area (TPSA) is 104 Å². The smallest absolute Gasteiger partial charge is 0.410 e. The molecule has 0 spiro atoms. The molecule has 2 aliphatic heterocycles. The molecule has 2 aromatic rings. The molecule has 1 atom stereocenters. The van der Waals surface area contributed by atoms with Gasteiger partial charge in [0.1, 0.15) is 18.2 Å². The first kappa shape index (κ1) is 29.2. The normalized spacial score (nSPS) is 17.2. The van der Waals surface area contributed by atoms with Gasteiger partial charge in [0.25, 0.3) is 0 Å². The van der Waals surface area contributed by atoms with E-state index in [0.29, 0.717) is 45.7 Å². The van der Waals surface area contributed by atoms with Gasteiger partial charge in [0.05, 0.1) is 0 Å². The summed E-state index contributed by atoms with van der Waals surface area (Å²) in [5, 5.41) is 2.86. The van der Waals surface area contributed by atoms with Gasteiger partial charge in [-0.15, -0.1) is 0 Å². The summed E-state index contributed by atoms with van der Waals surface area (Å²) < 4.78 is 11.0. The predicted molar refractivity (Wildman–Crippen MR) is 152 cm³/mol. The highest BCUT2D eigenvalue weighted by atomic mass is 16.6. The third-order valence-electron chi connectivity index (χ3n) is 7.26. The fraction of sp³-hybridized carbons (Fsp3) is 0.533. The number of carbonyl (C=O) groups is 3. The van der Waals surface area contributed by atoms with E-state index in [1.54, 1.807) is 17.3 Å². The van der Waals surface area contributed by atoms with Crippen LogP contribution < -0.4 is 10.2 Å². The van der Waals surface area contributed by atoms with Crippen LogP contribution in [0.5, 0.6) is 0 Å². The van der Waals surface area contributed by atoms with E-state index in [1.807, 2.05) is 68.1 Å². The average molecular weight is 552 g/mol. The molecule has 40 heavy (non-hydrogen) atoms. The molecular weight excluding hydrogens is 510 g/mol. The van der Waals surface area contributed by atoms with Crippen LogP contribution in [0.3, 0.4) is 0 Å². The van der Waals surface area contributed by atoms with Crippen LogP contribution in [-0.2, 0) is 20.9 Å². The van der Waals surface area contributed by atoms with Crippen molar-refractivity contribution in [3.8, 4) is 0 Å². The second-order valence-electron chi connectivity index (χ2n) is 11.4. The van der Waals surface area contributed by atoms with Crippen LogP contribution in [0.4, 0.5) is 15.3 Å². The second-order valence-corrected chi connectivity index (χ2v) is 11.4. The molecule has 2 fully saturated rings. The summed E-state index contributed by atoms with van der Waals surface area (Å²) in [6, 6.07) is 12.7. The molecule has 0 bridgehead atoms. The molecule has 1 aromatic heterocycles. The Morgan fingerprint density at radius 2 is 1.57 bits per heavy atom. The van der Waals surface area contributed by atoms with E-state index < -0.39 is 17.7 Å². The van der Waals surface area contributed by atoms with Crippen molar-refractivity contribution in [2.75, 3.05) is 44.2 Å². The van der Waals surface area contributed by atoms with E-state index in [2.05, 4.69) is 15.2 Å². The van der Waals surface area contributed by atoms with Crippen LogP contribution in [-0.4, -0.2) is 83.8 Å². The number of hydrogen-bond acceptors (Lipinski definition) is 7. The molecule has 10 heteroatoms. The van der Waals surface area contributed by atoms with Crippen molar-refractivity contribution in [3.05, 3.63) is 60.4 Å². The lowest BCUT2D eigenvalue weighted by atomic mass is 9.89. The highest BCUT2D eigenvalue weighted by Gasteiger charge is 2.34. The van der Waals surface area contributed by atoms with Gasteiger partial charge in [-0.1, -0.05) is 30.3 Å². The Balaban J connectivity index is 1.35. The molecule has 3 amide bonds. The van der Waals surface area contributed by atoms with Crippen molar-refractivity contribution in [1.82, 2.24) is 20.1 Å². The van der Waals surface area contributed by atoms with Crippen molar-refractivity contribution >= 4 is 23.8 Å². The number of nitrogens with one attached hydrogen (secondary N) is 1. The summed E-state index contributed by atoms with van der Waals surface area (Å²) in [4.78, 5) is 48.8. The standard InChI is InChI=1S/C30H41N5O5/c1-30(2,3)40-29(38)35-15-11-23(12-16-35)21-26(32-28(37)39-22-24-7-5-4-6-8-24)27(36)34-19-17-33(18-20-34)25-9-13-31-14-10-25/h4-10,13-14,23,26H,11-12,15-22H2,1-3H3,(H,32,37)/t26-/m0/s1. The number of anilines is 1. The van der Waals surface area contributed by atoms with E-state index >= 15 is 0 Å². The molecule has 0 unspecified atom stereocenters. The van der Waals surface area contributed by atoms with E-state index in [9.17, 15) is 14.4 Å². The lowest BCUT2D eigenvalue weighted by Crippen LogP contribution is -2.55. The zero-order chi connectivity index (χ0) is 28.5. The van der Waals surface area contributed by atoms with Crippen LogP contribution in [0.25, 0.3) is 0 Å². The van der Waals surface area contributed by atoms with E-state index in [4.69, 9.17) is 9.47 Å². The summed E-state index contributed by atoms with van der Waals surface area (Å²) in [6.07, 6.45) is 4.58. The Morgan fingerprint density at radius 3 is 2.20 bits per heavy atom. The van der Waals surface area contributed by atoms with E-state index in [-0.39, 0.29) is 24.5 Å². The van der Waals surface area contributed by atoms with Gasteiger partial charge in [0.2, 0.25) is 5.91 Å². The molecule has 10 nitrogen and oxygen atoms in total. The average Bonchev–Trinajstić information content (AvgIpc) is 2.96. The Kier molecular flexibility index (Phi) is 9.84. The van der Waals surface area contributed by atoms with Crippen molar-refractivity contribution in [3.63, 3.8) is 0 Å². The summed E-state index contributed by atoms with van der Waals surface area (Å²) in [7, 11) is 0. The van der Waals surface area contributed by atoms with Crippen LogP contribution >= 0.6 is 0 Å². The van der Waals surface area contributed by atoms with Crippen LogP contribution in [0, 0.1) is 5.92 Å². The molecule has 3 heterocycles. The van der Waals surface area contributed by atoms with Gasteiger partial charge in [-0.2, -0.15) is 0 Å². The highest BCUT2D eigenvalue weighted by Crippen LogP contribution is 2.25. The van der Waals surface area contributed by atoms with Gasteiger partial charge in [0, 0.05) is 57.3 Å². The number of aromatic nitrogens is 1. The summed E-state index contributed by atoms with van der Waals surface area (Å²) in [6.45, 7) is 9.35. The molecule has 0 radical (unpaired) electrons. The fourth-order valence-corrected chi connectivity index (χ4v) is 5.10. The van der Waals surface area contributed by atoms with Crippen molar-refractivity contribution in [2.24, 2.45) is 5.92 Å². The van der Waals surface area contributed by atoms with E-state index in [1.165, 1.54) is 0 Å². The maximum atomic E-state index is 13.7. The first-order valence-corrected chi connectivity index (χ1v) is 14.1. The van der Waals surface area contributed by atoms with Crippen LogP contribution in [0.2, 0.25) is 0 Å². The lowest BCUT2D eigenvalue weighted by Gasteiger charge is -2.38. The van der Waals surface area contributed by atoms with Crippen molar-refractivity contribution < 1.29 is 23.9 Å². The Morgan fingerprint density at radius 1 is 0.925 bits per heavy atom. The molecule has 1 aromatic carbocycles.